The van der Waals surface area contributed by atoms with E-state index in [4.69, 9.17) is 28.9 Å². The molecule has 20 heavy (non-hydrogen) atoms. The first kappa shape index (κ1) is 13.0. The molecule has 3 N–H and O–H groups in total. The van der Waals surface area contributed by atoms with Gasteiger partial charge in [-0.2, -0.15) is 5.10 Å². The van der Waals surface area contributed by atoms with Crippen molar-refractivity contribution in [2.24, 2.45) is 0 Å². The molecule has 0 atom stereocenters. The Hall–Kier alpha value is -2.04. The quantitative estimate of drug-likeness (QED) is 0.751. The molecule has 3 rings (SSSR count). The molecule has 0 spiro atoms. The minimum Gasteiger partial charge on any atom is -0.382 e. The SMILES string of the molecule is Nc1n[nH]c(-c2c(Cl)cccc2Cl)c1-c1cccnc1. The van der Waals surface area contributed by atoms with Gasteiger partial charge in [0.1, 0.15) is 0 Å². The van der Waals surface area contributed by atoms with E-state index in [1.54, 1.807) is 30.6 Å². The molecule has 0 saturated heterocycles. The molecule has 0 aliphatic carbocycles. The molecule has 0 aliphatic heterocycles. The molecule has 0 saturated carbocycles. The van der Waals surface area contributed by atoms with Gasteiger partial charge in [0.2, 0.25) is 0 Å². The van der Waals surface area contributed by atoms with Gasteiger partial charge in [-0.3, -0.25) is 10.1 Å². The molecule has 0 unspecified atom stereocenters. The smallest absolute Gasteiger partial charge is 0.153 e. The lowest BCUT2D eigenvalue weighted by atomic mass is 10.0. The molecule has 0 bridgehead atoms. The fraction of sp³-hybridized carbons (Fsp3) is 0. The number of benzene rings is 1. The Kier molecular flexibility index (Phi) is 3.34. The van der Waals surface area contributed by atoms with Crippen molar-refractivity contribution < 1.29 is 0 Å². The average Bonchev–Trinajstić information content (AvgIpc) is 2.81. The molecular weight excluding hydrogens is 295 g/mol. The number of rotatable bonds is 2. The Labute approximate surface area is 125 Å². The maximum Gasteiger partial charge on any atom is 0.153 e. The van der Waals surface area contributed by atoms with Crippen molar-refractivity contribution in [3.63, 3.8) is 0 Å². The molecule has 1 aromatic carbocycles. The highest BCUT2D eigenvalue weighted by Gasteiger charge is 2.19. The van der Waals surface area contributed by atoms with Crippen molar-refractivity contribution >= 4 is 29.0 Å². The number of aromatic amines is 1. The molecular formula is C14H10Cl2N4. The summed E-state index contributed by atoms with van der Waals surface area (Å²) in [6.07, 6.45) is 3.41. The fourth-order valence-electron chi connectivity index (χ4n) is 2.08. The summed E-state index contributed by atoms with van der Waals surface area (Å²) in [7, 11) is 0. The van der Waals surface area contributed by atoms with E-state index in [-0.39, 0.29) is 0 Å². The van der Waals surface area contributed by atoms with Crippen molar-refractivity contribution in [2.75, 3.05) is 5.73 Å². The predicted molar refractivity (Wildman–Crippen MR) is 81.7 cm³/mol. The standard InChI is InChI=1S/C14H10Cl2N4/c15-9-4-1-5-10(16)12(9)13-11(14(17)20-19-13)8-3-2-6-18-7-8/h1-7H,(H3,17,19,20). The van der Waals surface area contributed by atoms with E-state index in [1.807, 2.05) is 12.1 Å². The van der Waals surface area contributed by atoms with Gasteiger partial charge in [0, 0.05) is 23.5 Å². The van der Waals surface area contributed by atoms with E-state index in [0.29, 0.717) is 27.1 Å². The fourth-order valence-corrected chi connectivity index (χ4v) is 2.66. The van der Waals surface area contributed by atoms with Gasteiger partial charge in [-0.05, 0) is 18.2 Å². The van der Waals surface area contributed by atoms with Gasteiger partial charge >= 0.3 is 0 Å². The van der Waals surface area contributed by atoms with Crippen LogP contribution in [-0.2, 0) is 0 Å². The molecule has 0 aliphatic rings. The van der Waals surface area contributed by atoms with E-state index >= 15 is 0 Å². The van der Waals surface area contributed by atoms with Gasteiger partial charge in [-0.1, -0.05) is 35.3 Å². The first-order chi connectivity index (χ1) is 9.68. The van der Waals surface area contributed by atoms with E-state index < -0.39 is 0 Å². The van der Waals surface area contributed by atoms with Crippen LogP contribution in [0.2, 0.25) is 10.0 Å². The van der Waals surface area contributed by atoms with Crippen LogP contribution in [0.1, 0.15) is 0 Å². The van der Waals surface area contributed by atoms with Gasteiger partial charge in [0.25, 0.3) is 0 Å². The van der Waals surface area contributed by atoms with Crippen LogP contribution in [0, 0.1) is 0 Å². The summed E-state index contributed by atoms with van der Waals surface area (Å²) in [5.74, 6) is 0.379. The van der Waals surface area contributed by atoms with Gasteiger partial charge in [0.15, 0.2) is 5.82 Å². The number of nitrogens with two attached hydrogens (primary N) is 1. The Bertz CT molecular complexity index is 733. The minimum absolute atomic E-state index is 0.379. The lowest BCUT2D eigenvalue weighted by Gasteiger charge is -2.08. The highest BCUT2D eigenvalue weighted by molar-refractivity contribution is 6.39. The Morgan fingerprint density at radius 3 is 2.40 bits per heavy atom. The van der Waals surface area contributed by atoms with Crippen LogP contribution in [0.15, 0.2) is 42.7 Å². The molecule has 3 aromatic rings. The number of anilines is 1. The molecule has 0 radical (unpaired) electrons. The number of halogens is 2. The van der Waals surface area contributed by atoms with Gasteiger partial charge in [0.05, 0.1) is 21.3 Å². The number of H-pyrrole nitrogens is 1. The summed E-state index contributed by atoms with van der Waals surface area (Å²) < 4.78 is 0. The minimum atomic E-state index is 0.379. The van der Waals surface area contributed by atoms with E-state index in [9.17, 15) is 0 Å². The third-order valence-electron chi connectivity index (χ3n) is 2.96. The second kappa shape index (κ2) is 5.15. The van der Waals surface area contributed by atoms with Crippen molar-refractivity contribution in [2.45, 2.75) is 0 Å². The highest BCUT2D eigenvalue weighted by Crippen LogP contribution is 2.40. The van der Waals surface area contributed by atoms with Crippen LogP contribution in [0.4, 0.5) is 5.82 Å². The molecule has 2 heterocycles. The van der Waals surface area contributed by atoms with Crippen LogP contribution in [0.3, 0.4) is 0 Å². The zero-order chi connectivity index (χ0) is 14.1. The zero-order valence-corrected chi connectivity index (χ0v) is 11.8. The number of nitrogens with zero attached hydrogens (tertiary/aromatic N) is 2. The number of hydrogen-bond donors (Lipinski definition) is 2. The summed E-state index contributed by atoms with van der Waals surface area (Å²) in [4.78, 5) is 4.10. The molecule has 0 amide bonds. The Balaban J connectivity index is 2.27. The number of nitrogens with one attached hydrogen (secondary N) is 1. The van der Waals surface area contributed by atoms with Crippen LogP contribution in [0.5, 0.6) is 0 Å². The third kappa shape index (κ3) is 2.13. The van der Waals surface area contributed by atoms with Crippen LogP contribution < -0.4 is 5.73 Å². The van der Waals surface area contributed by atoms with Gasteiger partial charge < -0.3 is 5.73 Å². The topological polar surface area (TPSA) is 67.6 Å². The Morgan fingerprint density at radius 1 is 1.00 bits per heavy atom. The number of nitrogen functional groups attached to an aromatic ring is 1. The normalized spacial score (nSPS) is 10.7. The lowest BCUT2D eigenvalue weighted by Crippen LogP contribution is -1.90. The molecule has 6 heteroatoms. The van der Waals surface area contributed by atoms with Crippen LogP contribution in [0.25, 0.3) is 22.4 Å². The van der Waals surface area contributed by atoms with Crippen molar-refractivity contribution in [1.82, 2.24) is 15.2 Å². The van der Waals surface area contributed by atoms with Gasteiger partial charge in [-0.25, -0.2) is 0 Å². The molecule has 2 aromatic heterocycles. The third-order valence-corrected chi connectivity index (χ3v) is 3.59. The number of pyridine rings is 1. The summed E-state index contributed by atoms with van der Waals surface area (Å²) >= 11 is 12.5. The summed E-state index contributed by atoms with van der Waals surface area (Å²) in [5, 5.41) is 8.03. The van der Waals surface area contributed by atoms with Crippen LogP contribution in [-0.4, -0.2) is 15.2 Å². The zero-order valence-electron chi connectivity index (χ0n) is 10.3. The summed E-state index contributed by atoms with van der Waals surface area (Å²) in [5.41, 5.74) is 8.92. The van der Waals surface area contributed by atoms with Crippen LogP contribution >= 0.6 is 23.2 Å². The predicted octanol–water partition coefficient (Wildman–Crippen LogP) is 4.03. The summed E-state index contributed by atoms with van der Waals surface area (Å²) in [6.45, 7) is 0. The van der Waals surface area contributed by atoms with E-state index in [0.717, 1.165) is 11.1 Å². The molecule has 0 fully saturated rings. The Morgan fingerprint density at radius 2 is 1.75 bits per heavy atom. The number of hydrogen-bond acceptors (Lipinski definition) is 3. The van der Waals surface area contributed by atoms with Crippen molar-refractivity contribution in [3.05, 3.63) is 52.8 Å². The maximum atomic E-state index is 6.24. The van der Waals surface area contributed by atoms with Crippen molar-refractivity contribution in [1.29, 1.82) is 0 Å². The largest absolute Gasteiger partial charge is 0.382 e. The first-order valence-electron chi connectivity index (χ1n) is 5.87. The monoisotopic (exact) mass is 304 g/mol. The van der Waals surface area contributed by atoms with Crippen molar-refractivity contribution in [3.8, 4) is 22.4 Å². The van der Waals surface area contributed by atoms with E-state index in [1.165, 1.54) is 0 Å². The lowest BCUT2D eigenvalue weighted by molar-refractivity contribution is 1.10. The first-order valence-corrected chi connectivity index (χ1v) is 6.62. The van der Waals surface area contributed by atoms with E-state index in [2.05, 4.69) is 15.2 Å². The number of aromatic nitrogens is 3. The van der Waals surface area contributed by atoms with Gasteiger partial charge in [-0.15, -0.1) is 0 Å². The second-order valence-corrected chi connectivity index (χ2v) is 5.01. The molecule has 100 valence electrons. The maximum absolute atomic E-state index is 6.24. The summed E-state index contributed by atoms with van der Waals surface area (Å²) in [6, 6.07) is 9.07. The molecule has 4 nitrogen and oxygen atoms in total. The second-order valence-electron chi connectivity index (χ2n) is 4.20. The average molecular weight is 305 g/mol. The highest BCUT2D eigenvalue weighted by atomic mass is 35.5.